The second kappa shape index (κ2) is 10.6. The van der Waals surface area contributed by atoms with Crippen LogP contribution in [0.3, 0.4) is 0 Å². The van der Waals surface area contributed by atoms with E-state index in [9.17, 15) is 0 Å². The molecule has 22 heavy (non-hydrogen) atoms. The predicted molar refractivity (Wildman–Crippen MR) is 103 cm³/mol. The van der Waals surface area contributed by atoms with E-state index in [0.717, 1.165) is 58.4 Å². The molecular weight excluding hydrogens is 391 g/mol. The van der Waals surface area contributed by atoms with Crippen molar-refractivity contribution in [3.63, 3.8) is 0 Å². The molecule has 130 valence electrons. The van der Waals surface area contributed by atoms with Crippen LogP contribution in [0.4, 0.5) is 0 Å². The molecule has 1 unspecified atom stereocenters. The summed E-state index contributed by atoms with van der Waals surface area (Å²) in [5.74, 6) is 1.72. The van der Waals surface area contributed by atoms with Crippen LogP contribution in [0.2, 0.25) is 0 Å². The smallest absolute Gasteiger partial charge is 0.193 e. The lowest BCUT2D eigenvalue weighted by molar-refractivity contribution is 0.00863. The molecule has 0 aromatic carbocycles. The molecule has 0 aromatic heterocycles. The van der Waals surface area contributed by atoms with Crippen molar-refractivity contribution in [1.82, 2.24) is 15.1 Å². The van der Waals surface area contributed by atoms with Gasteiger partial charge in [0, 0.05) is 38.8 Å². The minimum atomic E-state index is 0. The highest BCUT2D eigenvalue weighted by molar-refractivity contribution is 14.0. The molecule has 0 spiro atoms. The molecule has 0 radical (unpaired) electrons. The Balaban J connectivity index is 0.00000242. The maximum atomic E-state index is 5.48. The molecule has 0 bridgehead atoms. The Bertz CT molecular complexity index is 326. The van der Waals surface area contributed by atoms with Crippen LogP contribution < -0.4 is 5.32 Å². The highest BCUT2D eigenvalue weighted by atomic mass is 127. The minimum absolute atomic E-state index is 0. The zero-order chi connectivity index (χ0) is 15.1. The van der Waals surface area contributed by atoms with E-state index in [1.54, 1.807) is 0 Å². The molecule has 2 fully saturated rings. The van der Waals surface area contributed by atoms with Crippen LogP contribution in [-0.2, 0) is 4.74 Å². The monoisotopic (exact) mass is 424 g/mol. The lowest BCUT2D eigenvalue weighted by Gasteiger charge is -2.36. The summed E-state index contributed by atoms with van der Waals surface area (Å²) < 4.78 is 5.48. The third-order valence-electron chi connectivity index (χ3n) is 4.45. The number of nitrogens with one attached hydrogen (secondary N) is 1. The molecule has 1 atom stereocenters. The first-order chi connectivity index (χ1) is 10.2. The molecule has 1 N–H and O–H groups in total. The molecule has 2 aliphatic rings. The topological polar surface area (TPSA) is 40.1 Å². The van der Waals surface area contributed by atoms with E-state index in [0.29, 0.717) is 12.0 Å². The third kappa shape index (κ3) is 5.85. The Kier molecular flexibility index (Phi) is 9.66. The van der Waals surface area contributed by atoms with Gasteiger partial charge in [0.25, 0.3) is 0 Å². The van der Waals surface area contributed by atoms with E-state index >= 15 is 0 Å². The standard InChI is InChI=1S/C16H32N4O.HI/c1-4-17-16(20-7-5-6-8-20)18-13-15(14(2)3)19-9-11-21-12-10-19;/h14-15H,4-13H2,1-3H3,(H,17,18);1H. The number of nitrogens with zero attached hydrogens (tertiary/aromatic N) is 3. The highest BCUT2D eigenvalue weighted by Crippen LogP contribution is 2.14. The van der Waals surface area contributed by atoms with Gasteiger partial charge >= 0.3 is 0 Å². The second-order valence-electron chi connectivity index (χ2n) is 6.35. The summed E-state index contributed by atoms with van der Waals surface area (Å²) in [4.78, 5) is 9.89. The van der Waals surface area contributed by atoms with Gasteiger partial charge in [0.05, 0.1) is 19.8 Å². The first-order valence-electron chi connectivity index (χ1n) is 8.57. The number of hydrogen-bond acceptors (Lipinski definition) is 3. The molecule has 0 amide bonds. The number of guanidine groups is 1. The zero-order valence-electron chi connectivity index (χ0n) is 14.4. The van der Waals surface area contributed by atoms with Gasteiger partial charge in [-0.25, -0.2) is 0 Å². The van der Waals surface area contributed by atoms with Crippen molar-refractivity contribution in [1.29, 1.82) is 0 Å². The number of aliphatic imine (C=N–C) groups is 1. The summed E-state index contributed by atoms with van der Waals surface area (Å²) in [6.07, 6.45) is 2.59. The Labute approximate surface area is 152 Å². The Hall–Kier alpha value is -0.0800. The van der Waals surface area contributed by atoms with Crippen molar-refractivity contribution in [3.8, 4) is 0 Å². The molecule has 6 heteroatoms. The number of ether oxygens (including phenoxy) is 1. The maximum absolute atomic E-state index is 5.48. The summed E-state index contributed by atoms with van der Waals surface area (Å²) in [5, 5.41) is 3.45. The molecule has 0 aromatic rings. The first-order valence-corrected chi connectivity index (χ1v) is 8.57. The first kappa shape index (κ1) is 20.0. The Morgan fingerprint density at radius 2 is 1.77 bits per heavy atom. The molecule has 0 aliphatic carbocycles. The highest BCUT2D eigenvalue weighted by Gasteiger charge is 2.24. The molecule has 0 saturated carbocycles. The van der Waals surface area contributed by atoms with E-state index in [2.05, 4.69) is 35.9 Å². The molecule has 2 rings (SSSR count). The molecule has 2 heterocycles. The van der Waals surface area contributed by atoms with Gasteiger partial charge in [-0.1, -0.05) is 13.8 Å². The lowest BCUT2D eigenvalue weighted by Crippen LogP contribution is -2.48. The maximum Gasteiger partial charge on any atom is 0.193 e. The van der Waals surface area contributed by atoms with Crippen LogP contribution >= 0.6 is 24.0 Å². The number of morpholine rings is 1. The van der Waals surface area contributed by atoms with Crippen molar-refractivity contribution in [2.24, 2.45) is 10.9 Å². The average Bonchev–Trinajstić information content (AvgIpc) is 3.01. The van der Waals surface area contributed by atoms with Crippen molar-refractivity contribution >= 4 is 29.9 Å². The Morgan fingerprint density at radius 1 is 1.14 bits per heavy atom. The van der Waals surface area contributed by atoms with E-state index in [1.165, 1.54) is 12.8 Å². The molecule has 2 saturated heterocycles. The van der Waals surface area contributed by atoms with Crippen LogP contribution in [0.5, 0.6) is 0 Å². The van der Waals surface area contributed by atoms with Gasteiger partial charge in [0.1, 0.15) is 0 Å². The summed E-state index contributed by atoms with van der Waals surface area (Å²) in [6.45, 7) is 14.7. The van der Waals surface area contributed by atoms with Crippen molar-refractivity contribution in [2.45, 2.75) is 39.7 Å². The SMILES string of the molecule is CCNC(=NCC(C(C)C)N1CCOCC1)N1CCCC1.I. The summed E-state index contributed by atoms with van der Waals surface area (Å²) in [6, 6.07) is 0.519. The normalized spacial score (nSPS) is 21.8. The summed E-state index contributed by atoms with van der Waals surface area (Å²) >= 11 is 0. The van der Waals surface area contributed by atoms with Crippen LogP contribution in [0.15, 0.2) is 4.99 Å². The largest absolute Gasteiger partial charge is 0.379 e. The van der Waals surface area contributed by atoms with E-state index in [-0.39, 0.29) is 24.0 Å². The number of hydrogen-bond donors (Lipinski definition) is 1. The lowest BCUT2D eigenvalue weighted by atomic mass is 10.0. The fourth-order valence-corrected chi connectivity index (χ4v) is 3.19. The van der Waals surface area contributed by atoms with Crippen LogP contribution in [0.1, 0.15) is 33.6 Å². The van der Waals surface area contributed by atoms with Gasteiger partial charge in [-0.05, 0) is 25.7 Å². The van der Waals surface area contributed by atoms with Gasteiger partial charge < -0.3 is 15.0 Å². The number of rotatable bonds is 5. The zero-order valence-corrected chi connectivity index (χ0v) is 16.7. The van der Waals surface area contributed by atoms with Crippen molar-refractivity contribution < 1.29 is 4.74 Å². The average molecular weight is 424 g/mol. The van der Waals surface area contributed by atoms with E-state index in [4.69, 9.17) is 9.73 Å². The fraction of sp³-hybridized carbons (Fsp3) is 0.938. The fourth-order valence-electron chi connectivity index (χ4n) is 3.19. The molecular formula is C16H33IN4O. The van der Waals surface area contributed by atoms with Gasteiger partial charge in [-0.3, -0.25) is 9.89 Å². The van der Waals surface area contributed by atoms with Gasteiger partial charge in [-0.15, -0.1) is 24.0 Å². The van der Waals surface area contributed by atoms with E-state index in [1.807, 2.05) is 0 Å². The van der Waals surface area contributed by atoms with Gasteiger partial charge in [0.2, 0.25) is 0 Å². The Morgan fingerprint density at radius 3 is 2.32 bits per heavy atom. The van der Waals surface area contributed by atoms with Crippen molar-refractivity contribution in [3.05, 3.63) is 0 Å². The minimum Gasteiger partial charge on any atom is -0.379 e. The van der Waals surface area contributed by atoms with Crippen LogP contribution in [0.25, 0.3) is 0 Å². The predicted octanol–water partition coefficient (Wildman–Crippen LogP) is 2.02. The second-order valence-corrected chi connectivity index (χ2v) is 6.35. The molecule has 2 aliphatic heterocycles. The van der Waals surface area contributed by atoms with Crippen LogP contribution in [-0.4, -0.2) is 74.3 Å². The van der Waals surface area contributed by atoms with Crippen LogP contribution in [0, 0.1) is 5.92 Å². The van der Waals surface area contributed by atoms with Crippen molar-refractivity contribution in [2.75, 3.05) is 52.5 Å². The van der Waals surface area contributed by atoms with E-state index < -0.39 is 0 Å². The summed E-state index contributed by atoms with van der Waals surface area (Å²) in [7, 11) is 0. The third-order valence-corrected chi connectivity index (χ3v) is 4.45. The van der Waals surface area contributed by atoms with Gasteiger partial charge in [0.15, 0.2) is 5.96 Å². The quantitative estimate of drug-likeness (QED) is 0.417. The number of likely N-dealkylation sites (tertiary alicyclic amines) is 1. The molecule has 5 nitrogen and oxygen atoms in total. The summed E-state index contributed by atoms with van der Waals surface area (Å²) in [5.41, 5.74) is 0. The van der Waals surface area contributed by atoms with Gasteiger partial charge in [-0.2, -0.15) is 0 Å². The number of halogens is 1.